The van der Waals surface area contributed by atoms with E-state index in [2.05, 4.69) is 26.7 Å². The molecule has 1 aromatic heterocycles. The first-order valence-electron chi connectivity index (χ1n) is 7.28. The molecule has 0 amide bonds. The average molecular weight is 319 g/mol. The van der Waals surface area contributed by atoms with Crippen LogP contribution >= 0.6 is 0 Å². The van der Waals surface area contributed by atoms with Crippen LogP contribution in [-0.4, -0.2) is 9.97 Å². The van der Waals surface area contributed by atoms with Crippen LogP contribution in [0.2, 0.25) is 0 Å². The molecule has 0 saturated carbocycles. The highest BCUT2D eigenvalue weighted by atomic mass is 19.1. The monoisotopic (exact) mass is 319 g/mol. The molecule has 0 saturated heterocycles. The van der Waals surface area contributed by atoms with Crippen molar-refractivity contribution >= 4 is 23.0 Å². The maximum Gasteiger partial charge on any atom is 0.136 e. The van der Waals surface area contributed by atoms with Gasteiger partial charge in [0.25, 0.3) is 0 Å². The Bertz CT molecular complexity index is 917. The van der Waals surface area contributed by atoms with Crippen LogP contribution in [0, 0.1) is 24.1 Å². The molecule has 2 aromatic carbocycles. The summed E-state index contributed by atoms with van der Waals surface area (Å²) < 4.78 is 13.3. The number of aryl methyl sites for hydroxylation is 1. The van der Waals surface area contributed by atoms with Crippen LogP contribution in [0.4, 0.5) is 27.4 Å². The number of nitriles is 1. The van der Waals surface area contributed by atoms with Crippen LogP contribution < -0.4 is 10.6 Å². The van der Waals surface area contributed by atoms with Crippen LogP contribution in [-0.2, 0) is 0 Å². The Labute approximate surface area is 138 Å². The summed E-state index contributed by atoms with van der Waals surface area (Å²) in [5, 5.41) is 15.3. The van der Waals surface area contributed by atoms with Gasteiger partial charge in [-0.05, 0) is 37.3 Å². The van der Waals surface area contributed by atoms with Gasteiger partial charge in [-0.25, -0.2) is 14.4 Å². The second kappa shape index (κ2) is 6.75. The number of para-hydroxylation sites is 1. The molecule has 3 rings (SSSR count). The SMILES string of the molecule is Cc1nc(Nc2cccc(F)c2)cc(Nc2ccccc2C#N)n1. The summed E-state index contributed by atoms with van der Waals surface area (Å²) >= 11 is 0. The number of aromatic nitrogens is 2. The number of benzene rings is 2. The van der Waals surface area contributed by atoms with E-state index in [1.54, 1.807) is 43.3 Å². The van der Waals surface area contributed by atoms with E-state index in [0.29, 0.717) is 34.4 Å². The minimum atomic E-state index is -0.327. The lowest BCUT2D eigenvalue weighted by molar-refractivity contribution is 0.628. The molecule has 0 atom stereocenters. The second-order valence-electron chi connectivity index (χ2n) is 5.10. The molecule has 0 bridgehead atoms. The van der Waals surface area contributed by atoms with E-state index in [1.807, 2.05) is 6.07 Å². The van der Waals surface area contributed by atoms with E-state index >= 15 is 0 Å². The highest BCUT2D eigenvalue weighted by molar-refractivity contribution is 5.67. The van der Waals surface area contributed by atoms with Gasteiger partial charge in [-0.3, -0.25) is 0 Å². The predicted octanol–water partition coefficient (Wildman–Crippen LogP) is 4.28. The van der Waals surface area contributed by atoms with E-state index in [4.69, 9.17) is 5.26 Å². The van der Waals surface area contributed by atoms with Gasteiger partial charge in [0.2, 0.25) is 0 Å². The zero-order valence-electron chi connectivity index (χ0n) is 12.9. The lowest BCUT2D eigenvalue weighted by Gasteiger charge is -2.11. The predicted molar refractivity (Wildman–Crippen MR) is 90.9 cm³/mol. The van der Waals surface area contributed by atoms with Gasteiger partial charge in [0.05, 0.1) is 11.3 Å². The molecular weight excluding hydrogens is 305 g/mol. The van der Waals surface area contributed by atoms with Crippen molar-refractivity contribution in [3.8, 4) is 6.07 Å². The average Bonchev–Trinajstić information content (AvgIpc) is 2.55. The molecule has 0 unspecified atom stereocenters. The third-order valence-electron chi connectivity index (χ3n) is 3.25. The minimum absolute atomic E-state index is 0.327. The summed E-state index contributed by atoms with van der Waals surface area (Å²) in [6, 6.07) is 17.1. The van der Waals surface area contributed by atoms with E-state index in [1.165, 1.54) is 12.1 Å². The fourth-order valence-electron chi connectivity index (χ4n) is 2.24. The number of hydrogen-bond donors (Lipinski definition) is 2. The third-order valence-corrected chi connectivity index (χ3v) is 3.25. The fraction of sp³-hybridized carbons (Fsp3) is 0.0556. The Hall–Kier alpha value is -3.46. The Balaban J connectivity index is 1.88. The highest BCUT2D eigenvalue weighted by Gasteiger charge is 2.06. The first-order chi connectivity index (χ1) is 11.6. The zero-order chi connectivity index (χ0) is 16.9. The normalized spacial score (nSPS) is 10.0. The van der Waals surface area contributed by atoms with Crippen molar-refractivity contribution in [1.82, 2.24) is 9.97 Å². The molecular formula is C18H14FN5. The van der Waals surface area contributed by atoms with Gasteiger partial charge in [-0.15, -0.1) is 0 Å². The molecule has 2 N–H and O–H groups in total. The molecule has 0 aliphatic carbocycles. The van der Waals surface area contributed by atoms with Crippen LogP contribution in [0.1, 0.15) is 11.4 Å². The quantitative estimate of drug-likeness (QED) is 0.750. The van der Waals surface area contributed by atoms with Crippen molar-refractivity contribution in [3.05, 3.63) is 71.8 Å². The number of halogens is 1. The van der Waals surface area contributed by atoms with Crippen LogP contribution in [0.15, 0.2) is 54.6 Å². The topological polar surface area (TPSA) is 73.6 Å². The standard InChI is InChI=1S/C18H14FN5/c1-12-21-17(23-15-7-4-6-14(19)9-15)10-18(22-12)24-16-8-3-2-5-13(16)11-20/h2-10H,1H3,(H2,21,22,23,24). The van der Waals surface area contributed by atoms with Crippen LogP contribution in [0.3, 0.4) is 0 Å². The third kappa shape index (κ3) is 3.65. The Morgan fingerprint density at radius 1 is 0.958 bits per heavy atom. The van der Waals surface area contributed by atoms with Crippen molar-refractivity contribution < 1.29 is 4.39 Å². The number of nitrogens with zero attached hydrogens (tertiary/aromatic N) is 3. The largest absolute Gasteiger partial charge is 0.340 e. The van der Waals surface area contributed by atoms with E-state index in [0.717, 1.165) is 0 Å². The molecule has 0 radical (unpaired) electrons. The van der Waals surface area contributed by atoms with Crippen molar-refractivity contribution in [2.24, 2.45) is 0 Å². The zero-order valence-corrected chi connectivity index (χ0v) is 12.9. The molecule has 24 heavy (non-hydrogen) atoms. The molecule has 1 heterocycles. The van der Waals surface area contributed by atoms with E-state index < -0.39 is 0 Å². The maximum atomic E-state index is 13.3. The smallest absolute Gasteiger partial charge is 0.136 e. The Kier molecular flexibility index (Phi) is 4.34. The van der Waals surface area contributed by atoms with Crippen molar-refractivity contribution in [2.45, 2.75) is 6.92 Å². The van der Waals surface area contributed by atoms with Crippen molar-refractivity contribution in [1.29, 1.82) is 5.26 Å². The number of hydrogen-bond acceptors (Lipinski definition) is 5. The van der Waals surface area contributed by atoms with Crippen molar-refractivity contribution in [3.63, 3.8) is 0 Å². The molecule has 0 fully saturated rings. The summed E-state index contributed by atoms with van der Waals surface area (Å²) in [5.74, 6) is 1.30. The molecule has 118 valence electrons. The molecule has 6 heteroatoms. The number of anilines is 4. The van der Waals surface area contributed by atoms with Gasteiger partial charge in [-0.2, -0.15) is 5.26 Å². The van der Waals surface area contributed by atoms with Crippen LogP contribution in [0.25, 0.3) is 0 Å². The minimum Gasteiger partial charge on any atom is -0.340 e. The lowest BCUT2D eigenvalue weighted by atomic mass is 10.2. The number of rotatable bonds is 4. The summed E-state index contributed by atoms with van der Waals surface area (Å²) in [6.07, 6.45) is 0. The molecule has 0 aliphatic heterocycles. The van der Waals surface area contributed by atoms with Gasteiger partial charge >= 0.3 is 0 Å². The summed E-state index contributed by atoms with van der Waals surface area (Å²) in [5.41, 5.74) is 1.78. The summed E-state index contributed by atoms with van der Waals surface area (Å²) in [4.78, 5) is 8.61. The maximum absolute atomic E-state index is 13.3. The molecule has 3 aromatic rings. The van der Waals surface area contributed by atoms with Gasteiger partial charge in [-0.1, -0.05) is 18.2 Å². The Morgan fingerprint density at radius 2 is 1.71 bits per heavy atom. The molecule has 0 aliphatic rings. The van der Waals surface area contributed by atoms with Gasteiger partial charge in [0.1, 0.15) is 29.3 Å². The number of nitrogens with one attached hydrogen (secondary N) is 2. The van der Waals surface area contributed by atoms with Gasteiger partial charge < -0.3 is 10.6 Å². The molecule has 5 nitrogen and oxygen atoms in total. The summed E-state index contributed by atoms with van der Waals surface area (Å²) in [7, 11) is 0. The van der Waals surface area contributed by atoms with Gasteiger partial charge in [0.15, 0.2) is 0 Å². The first kappa shape index (κ1) is 15.4. The fourth-order valence-corrected chi connectivity index (χ4v) is 2.24. The summed E-state index contributed by atoms with van der Waals surface area (Å²) in [6.45, 7) is 1.76. The first-order valence-corrected chi connectivity index (χ1v) is 7.28. The highest BCUT2D eigenvalue weighted by Crippen LogP contribution is 2.22. The van der Waals surface area contributed by atoms with Crippen molar-refractivity contribution in [2.75, 3.05) is 10.6 Å². The van der Waals surface area contributed by atoms with Crippen LogP contribution in [0.5, 0.6) is 0 Å². The van der Waals surface area contributed by atoms with Gasteiger partial charge in [0, 0.05) is 11.8 Å². The van der Waals surface area contributed by atoms with E-state index in [-0.39, 0.29) is 5.82 Å². The Morgan fingerprint density at radius 3 is 2.46 bits per heavy atom. The van der Waals surface area contributed by atoms with E-state index in [9.17, 15) is 4.39 Å². The molecule has 0 spiro atoms. The lowest BCUT2D eigenvalue weighted by Crippen LogP contribution is -2.02. The second-order valence-corrected chi connectivity index (χ2v) is 5.10.